The number of hydrogen-bond donors (Lipinski definition) is 0. The monoisotopic (exact) mass is 195 g/mol. The standard InChI is InChI=1S/C9H10ClN3/c1-6-3-9-12-8(4-10)5-13(9)7(2)11-6/h3,5H,4H2,1-2H3. The third-order valence-electron chi connectivity index (χ3n) is 1.94. The lowest BCUT2D eigenvalue weighted by molar-refractivity contribution is 0.960. The SMILES string of the molecule is Cc1cc2nc(CCl)cn2c(C)n1. The van der Waals surface area contributed by atoms with E-state index in [1.54, 1.807) is 0 Å². The minimum Gasteiger partial charge on any atom is -0.288 e. The summed E-state index contributed by atoms with van der Waals surface area (Å²) in [5.74, 6) is 1.39. The molecule has 4 heteroatoms. The van der Waals surface area contributed by atoms with E-state index in [0.717, 1.165) is 22.9 Å². The van der Waals surface area contributed by atoms with E-state index in [0.29, 0.717) is 5.88 Å². The van der Waals surface area contributed by atoms with Crippen LogP contribution in [0.1, 0.15) is 17.2 Å². The maximum absolute atomic E-state index is 5.69. The first-order valence-electron chi connectivity index (χ1n) is 4.09. The van der Waals surface area contributed by atoms with Gasteiger partial charge in [-0.1, -0.05) is 0 Å². The van der Waals surface area contributed by atoms with Crippen molar-refractivity contribution in [2.75, 3.05) is 0 Å². The molecule has 2 heterocycles. The minimum atomic E-state index is 0.445. The molecule has 2 aromatic rings. The molecule has 13 heavy (non-hydrogen) atoms. The maximum Gasteiger partial charge on any atom is 0.140 e. The first kappa shape index (κ1) is 8.51. The highest BCUT2D eigenvalue weighted by Crippen LogP contribution is 2.09. The van der Waals surface area contributed by atoms with Gasteiger partial charge in [-0.05, 0) is 13.8 Å². The molecule has 0 saturated heterocycles. The van der Waals surface area contributed by atoms with E-state index in [4.69, 9.17) is 11.6 Å². The third-order valence-corrected chi connectivity index (χ3v) is 2.22. The van der Waals surface area contributed by atoms with Crippen molar-refractivity contribution in [3.63, 3.8) is 0 Å². The van der Waals surface area contributed by atoms with Gasteiger partial charge in [-0.2, -0.15) is 0 Å². The molecule has 2 aromatic heterocycles. The van der Waals surface area contributed by atoms with Crippen LogP contribution in [0.5, 0.6) is 0 Å². The summed E-state index contributed by atoms with van der Waals surface area (Å²) in [6, 6.07) is 1.95. The normalized spacial score (nSPS) is 11.0. The maximum atomic E-state index is 5.69. The van der Waals surface area contributed by atoms with Crippen LogP contribution in [0.2, 0.25) is 0 Å². The van der Waals surface area contributed by atoms with Gasteiger partial charge >= 0.3 is 0 Å². The van der Waals surface area contributed by atoms with Crippen LogP contribution in [-0.4, -0.2) is 14.4 Å². The van der Waals surface area contributed by atoms with Gasteiger partial charge in [-0.15, -0.1) is 11.6 Å². The summed E-state index contributed by atoms with van der Waals surface area (Å²) in [6.07, 6.45) is 1.92. The number of aryl methyl sites for hydroxylation is 2. The summed E-state index contributed by atoms with van der Waals surface area (Å²) in [4.78, 5) is 8.67. The second-order valence-corrected chi connectivity index (χ2v) is 3.31. The fourth-order valence-corrected chi connectivity index (χ4v) is 1.53. The molecular formula is C9H10ClN3. The van der Waals surface area contributed by atoms with Crippen LogP contribution >= 0.6 is 11.6 Å². The van der Waals surface area contributed by atoms with Crippen molar-refractivity contribution in [2.45, 2.75) is 19.7 Å². The minimum absolute atomic E-state index is 0.445. The summed E-state index contributed by atoms with van der Waals surface area (Å²) >= 11 is 5.69. The number of halogens is 1. The Hall–Kier alpha value is -1.09. The molecule has 0 aliphatic carbocycles. The van der Waals surface area contributed by atoms with Crippen molar-refractivity contribution in [3.05, 3.63) is 29.5 Å². The molecule has 0 aliphatic heterocycles. The second-order valence-electron chi connectivity index (χ2n) is 3.04. The van der Waals surface area contributed by atoms with Crippen molar-refractivity contribution in [3.8, 4) is 0 Å². The summed E-state index contributed by atoms with van der Waals surface area (Å²) < 4.78 is 1.95. The zero-order valence-corrected chi connectivity index (χ0v) is 8.34. The number of rotatable bonds is 1. The summed E-state index contributed by atoms with van der Waals surface area (Å²) in [5.41, 5.74) is 2.79. The predicted molar refractivity (Wildman–Crippen MR) is 52.0 cm³/mol. The molecule has 0 aromatic carbocycles. The molecule has 0 atom stereocenters. The molecular weight excluding hydrogens is 186 g/mol. The Morgan fingerprint density at radius 1 is 1.38 bits per heavy atom. The molecule has 68 valence electrons. The highest BCUT2D eigenvalue weighted by molar-refractivity contribution is 6.16. The second kappa shape index (κ2) is 3.00. The van der Waals surface area contributed by atoms with Crippen LogP contribution in [0.15, 0.2) is 12.3 Å². The van der Waals surface area contributed by atoms with E-state index in [2.05, 4.69) is 9.97 Å². The van der Waals surface area contributed by atoms with Crippen LogP contribution in [0, 0.1) is 13.8 Å². The van der Waals surface area contributed by atoms with Gasteiger partial charge in [-0.25, -0.2) is 9.97 Å². The van der Waals surface area contributed by atoms with Gasteiger partial charge in [0.15, 0.2) is 0 Å². The van der Waals surface area contributed by atoms with Crippen molar-refractivity contribution >= 4 is 17.2 Å². The summed E-state index contributed by atoms with van der Waals surface area (Å²) in [5, 5.41) is 0. The fraction of sp³-hybridized carbons (Fsp3) is 0.333. The Labute approximate surface area is 81.4 Å². The molecule has 0 fully saturated rings. The zero-order valence-electron chi connectivity index (χ0n) is 7.58. The molecule has 0 unspecified atom stereocenters. The molecule has 0 radical (unpaired) electrons. The van der Waals surface area contributed by atoms with E-state index in [1.807, 2.05) is 30.5 Å². The van der Waals surface area contributed by atoms with Crippen LogP contribution in [-0.2, 0) is 5.88 Å². The van der Waals surface area contributed by atoms with E-state index < -0.39 is 0 Å². The predicted octanol–water partition coefficient (Wildman–Crippen LogP) is 2.08. The number of fused-ring (bicyclic) bond motifs is 1. The lowest BCUT2D eigenvalue weighted by atomic mass is 10.4. The quantitative estimate of drug-likeness (QED) is 0.653. The third kappa shape index (κ3) is 1.40. The number of nitrogens with zero attached hydrogens (tertiary/aromatic N) is 3. The first-order chi connectivity index (χ1) is 6.20. The Morgan fingerprint density at radius 2 is 2.15 bits per heavy atom. The van der Waals surface area contributed by atoms with Gasteiger partial charge in [0.1, 0.15) is 11.5 Å². The number of alkyl halides is 1. The van der Waals surface area contributed by atoms with Gasteiger partial charge in [-0.3, -0.25) is 4.40 Å². The van der Waals surface area contributed by atoms with Crippen LogP contribution in [0.3, 0.4) is 0 Å². The molecule has 0 amide bonds. The lowest BCUT2D eigenvalue weighted by Crippen LogP contribution is -1.95. The smallest absolute Gasteiger partial charge is 0.140 e. The molecule has 0 bridgehead atoms. The molecule has 0 saturated carbocycles. The van der Waals surface area contributed by atoms with Crippen molar-refractivity contribution in [1.29, 1.82) is 0 Å². The average molecular weight is 196 g/mol. The van der Waals surface area contributed by atoms with Crippen molar-refractivity contribution < 1.29 is 0 Å². The Balaban J connectivity index is 2.75. The topological polar surface area (TPSA) is 30.2 Å². The number of aromatic nitrogens is 3. The Morgan fingerprint density at radius 3 is 2.85 bits per heavy atom. The zero-order chi connectivity index (χ0) is 9.42. The molecule has 0 N–H and O–H groups in total. The van der Waals surface area contributed by atoms with E-state index in [-0.39, 0.29) is 0 Å². The van der Waals surface area contributed by atoms with E-state index in [9.17, 15) is 0 Å². The summed E-state index contributed by atoms with van der Waals surface area (Å²) in [6.45, 7) is 3.92. The van der Waals surface area contributed by atoms with Gasteiger partial charge in [0.05, 0.1) is 11.6 Å². The number of hydrogen-bond acceptors (Lipinski definition) is 2. The van der Waals surface area contributed by atoms with Crippen LogP contribution in [0.25, 0.3) is 5.65 Å². The van der Waals surface area contributed by atoms with Gasteiger partial charge in [0, 0.05) is 18.0 Å². The van der Waals surface area contributed by atoms with E-state index in [1.165, 1.54) is 0 Å². The molecule has 0 spiro atoms. The number of imidazole rings is 1. The average Bonchev–Trinajstić information content (AvgIpc) is 2.47. The molecule has 2 rings (SSSR count). The van der Waals surface area contributed by atoms with Crippen LogP contribution in [0.4, 0.5) is 0 Å². The first-order valence-corrected chi connectivity index (χ1v) is 4.62. The van der Waals surface area contributed by atoms with Gasteiger partial charge in [0.25, 0.3) is 0 Å². The molecule has 3 nitrogen and oxygen atoms in total. The molecule has 0 aliphatic rings. The van der Waals surface area contributed by atoms with Gasteiger partial charge in [0.2, 0.25) is 0 Å². The fourth-order valence-electron chi connectivity index (χ4n) is 1.40. The highest BCUT2D eigenvalue weighted by atomic mass is 35.5. The van der Waals surface area contributed by atoms with Gasteiger partial charge < -0.3 is 0 Å². The Bertz CT molecular complexity index is 447. The van der Waals surface area contributed by atoms with Crippen molar-refractivity contribution in [2.24, 2.45) is 0 Å². The van der Waals surface area contributed by atoms with Crippen molar-refractivity contribution in [1.82, 2.24) is 14.4 Å². The van der Waals surface area contributed by atoms with E-state index >= 15 is 0 Å². The Kier molecular flexibility index (Phi) is 1.96. The summed E-state index contributed by atoms with van der Waals surface area (Å²) in [7, 11) is 0. The van der Waals surface area contributed by atoms with Crippen LogP contribution < -0.4 is 0 Å². The lowest BCUT2D eigenvalue weighted by Gasteiger charge is -1.98. The highest BCUT2D eigenvalue weighted by Gasteiger charge is 2.03. The largest absolute Gasteiger partial charge is 0.288 e.